The molecule has 0 saturated carbocycles. The largest absolute Gasteiger partial charge is 0.317 e. The quantitative estimate of drug-likeness (QED) is 0.531. The minimum atomic E-state index is 0. The number of aryl methyl sites for hydroxylation is 1. The zero-order chi connectivity index (χ0) is 17.7. The van der Waals surface area contributed by atoms with Gasteiger partial charge < -0.3 is 9.72 Å². The van der Waals surface area contributed by atoms with E-state index < -0.39 is 0 Å². The highest BCUT2D eigenvalue weighted by molar-refractivity contribution is 7.28. The molecular formula is C18H17ClN6S2. The highest BCUT2D eigenvalue weighted by Crippen LogP contribution is 2.37. The molecule has 0 aromatic carbocycles. The number of rotatable bonds is 2. The maximum atomic E-state index is 9.46. The Balaban J connectivity index is 0.00000180. The summed E-state index contributed by atoms with van der Waals surface area (Å²) in [6, 6.07) is 4.12. The van der Waals surface area contributed by atoms with E-state index in [1.165, 1.54) is 5.01 Å². The van der Waals surface area contributed by atoms with Crippen LogP contribution in [-0.2, 0) is 0 Å². The second-order valence-electron chi connectivity index (χ2n) is 6.57. The molecule has 0 spiro atoms. The number of hydrogen-bond donors (Lipinski definition) is 1. The van der Waals surface area contributed by atoms with Crippen molar-refractivity contribution in [1.82, 2.24) is 24.7 Å². The summed E-state index contributed by atoms with van der Waals surface area (Å²) in [7, 11) is 0. The summed E-state index contributed by atoms with van der Waals surface area (Å²) in [6.45, 7) is 4.06. The summed E-state index contributed by atoms with van der Waals surface area (Å²) in [6.07, 6.45) is 6.22. The molecule has 0 radical (unpaired) electrons. The third-order valence-corrected chi connectivity index (χ3v) is 6.96. The lowest BCUT2D eigenvalue weighted by molar-refractivity contribution is 0.459. The van der Waals surface area contributed by atoms with E-state index in [1.807, 2.05) is 29.8 Å². The molecule has 5 rings (SSSR count). The first-order valence-electron chi connectivity index (χ1n) is 8.59. The molecule has 1 saturated heterocycles. The molecule has 4 aromatic heterocycles. The van der Waals surface area contributed by atoms with Crippen molar-refractivity contribution in [2.75, 3.05) is 13.1 Å². The van der Waals surface area contributed by atoms with E-state index in [-0.39, 0.29) is 12.4 Å². The van der Waals surface area contributed by atoms with Crippen LogP contribution < -0.4 is 5.32 Å². The van der Waals surface area contributed by atoms with Crippen LogP contribution >= 0.6 is 35.1 Å². The smallest absolute Gasteiger partial charge is 0.155 e. The Morgan fingerprint density at radius 1 is 1.15 bits per heavy atom. The minimum Gasteiger partial charge on any atom is -0.317 e. The molecule has 1 aliphatic rings. The van der Waals surface area contributed by atoms with Crippen molar-refractivity contribution in [3.63, 3.8) is 0 Å². The summed E-state index contributed by atoms with van der Waals surface area (Å²) in [5.74, 6) is 0.557. The van der Waals surface area contributed by atoms with E-state index in [4.69, 9.17) is 9.97 Å². The Morgan fingerprint density at radius 2 is 1.93 bits per heavy atom. The van der Waals surface area contributed by atoms with Gasteiger partial charge in [0.1, 0.15) is 11.1 Å². The molecule has 0 bridgehead atoms. The Hall–Kier alpha value is -2.05. The van der Waals surface area contributed by atoms with E-state index in [0.29, 0.717) is 17.1 Å². The monoisotopic (exact) mass is 416 g/mol. The molecule has 0 atom stereocenters. The van der Waals surface area contributed by atoms with Crippen LogP contribution in [-0.4, -0.2) is 32.4 Å². The number of hydrogen-bond acceptors (Lipinski definition) is 7. The van der Waals surface area contributed by atoms with Crippen LogP contribution in [0.5, 0.6) is 0 Å². The van der Waals surface area contributed by atoms with Gasteiger partial charge in [-0.1, -0.05) is 22.7 Å². The maximum absolute atomic E-state index is 9.46. The molecule has 1 fully saturated rings. The van der Waals surface area contributed by atoms with Crippen LogP contribution in [0.4, 0.5) is 0 Å². The Morgan fingerprint density at radius 3 is 2.67 bits per heavy atom. The van der Waals surface area contributed by atoms with E-state index in [0.717, 1.165) is 51.9 Å². The number of nitrogens with zero attached hydrogens (tertiary/aromatic N) is 5. The topological polar surface area (TPSA) is 78.9 Å². The molecule has 27 heavy (non-hydrogen) atoms. The number of piperidine rings is 1. The first-order valence-corrected chi connectivity index (χ1v) is 10.2. The summed E-state index contributed by atoms with van der Waals surface area (Å²) in [5.41, 5.74) is 3.09. The number of thiazole rings is 2. The van der Waals surface area contributed by atoms with Crippen molar-refractivity contribution >= 4 is 50.4 Å². The molecule has 4 aromatic rings. The van der Waals surface area contributed by atoms with Crippen LogP contribution in [0.25, 0.3) is 25.9 Å². The fraction of sp³-hybridized carbons (Fsp3) is 0.333. The van der Waals surface area contributed by atoms with Gasteiger partial charge >= 0.3 is 0 Å². The third kappa shape index (κ3) is 3.21. The molecule has 138 valence electrons. The Bertz CT molecular complexity index is 1130. The predicted octanol–water partition coefficient (Wildman–Crippen LogP) is 4.14. The van der Waals surface area contributed by atoms with Gasteiger partial charge in [0.05, 0.1) is 16.3 Å². The van der Waals surface area contributed by atoms with Gasteiger partial charge in [-0.3, -0.25) is 0 Å². The average molecular weight is 417 g/mol. The fourth-order valence-electron chi connectivity index (χ4n) is 3.44. The number of nitriles is 1. The van der Waals surface area contributed by atoms with E-state index in [1.54, 1.807) is 22.7 Å². The van der Waals surface area contributed by atoms with Gasteiger partial charge in [-0.2, -0.15) is 5.26 Å². The first kappa shape index (κ1) is 18.3. The van der Waals surface area contributed by atoms with Crippen LogP contribution in [0.15, 0.2) is 18.5 Å². The Labute approximate surface area is 170 Å². The molecule has 9 heteroatoms. The molecule has 6 nitrogen and oxygen atoms in total. The van der Waals surface area contributed by atoms with Gasteiger partial charge in [0, 0.05) is 23.9 Å². The number of nitrogens with one attached hydrogen (secondary N) is 1. The molecule has 0 unspecified atom stereocenters. The molecule has 1 N–H and O–H groups in total. The van der Waals surface area contributed by atoms with Crippen molar-refractivity contribution in [2.24, 2.45) is 0 Å². The number of imidazole rings is 1. The normalized spacial score (nSPS) is 15.1. The van der Waals surface area contributed by atoms with Crippen LogP contribution in [0.1, 0.15) is 35.0 Å². The number of aromatic nitrogens is 4. The number of pyridine rings is 1. The summed E-state index contributed by atoms with van der Waals surface area (Å²) >= 11 is 3.31. The zero-order valence-corrected chi connectivity index (χ0v) is 17.0. The van der Waals surface area contributed by atoms with Crippen molar-refractivity contribution in [2.45, 2.75) is 25.7 Å². The molecular weight excluding hydrogens is 400 g/mol. The van der Waals surface area contributed by atoms with Crippen molar-refractivity contribution in [1.29, 1.82) is 5.26 Å². The van der Waals surface area contributed by atoms with Crippen molar-refractivity contribution in [3.8, 4) is 16.6 Å². The average Bonchev–Trinajstić information content (AvgIpc) is 3.33. The van der Waals surface area contributed by atoms with Gasteiger partial charge in [0.15, 0.2) is 15.3 Å². The summed E-state index contributed by atoms with van der Waals surface area (Å²) in [5, 5.41) is 15.0. The minimum absolute atomic E-state index is 0. The summed E-state index contributed by atoms with van der Waals surface area (Å²) in [4.78, 5) is 16.1. The van der Waals surface area contributed by atoms with Gasteiger partial charge in [-0.15, -0.1) is 12.4 Å². The highest BCUT2D eigenvalue weighted by Gasteiger charge is 2.21. The lowest BCUT2D eigenvalue weighted by atomic mass is 9.99. The van der Waals surface area contributed by atoms with Gasteiger partial charge in [0.25, 0.3) is 0 Å². The molecule has 1 aliphatic heterocycles. The van der Waals surface area contributed by atoms with Crippen LogP contribution in [0, 0.1) is 18.3 Å². The Kier molecular flexibility index (Phi) is 4.86. The standard InChI is InChI=1S/C18H16N6S2.ClH/c1-10-8-24-9-13(6-12(7-19)14(24)21-10)16-23-18-17(26-16)22-15(25-18)11-2-4-20-5-3-11;/h6,8-9,11,20H,2-5H2,1H3;1H. The van der Waals surface area contributed by atoms with Crippen LogP contribution in [0.3, 0.4) is 0 Å². The molecule has 0 aliphatic carbocycles. The number of halogens is 1. The van der Waals surface area contributed by atoms with Gasteiger partial charge in [-0.05, 0) is 38.9 Å². The maximum Gasteiger partial charge on any atom is 0.155 e. The van der Waals surface area contributed by atoms with E-state index >= 15 is 0 Å². The highest BCUT2D eigenvalue weighted by atomic mass is 35.5. The predicted molar refractivity (Wildman–Crippen MR) is 111 cm³/mol. The third-order valence-electron chi connectivity index (χ3n) is 4.72. The molecule has 0 amide bonds. The van der Waals surface area contributed by atoms with Gasteiger partial charge in [-0.25, -0.2) is 15.0 Å². The lowest BCUT2D eigenvalue weighted by Gasteiger charge is -2.20. The SMILES string of the molecule is Cc1cn2cc(-c3nc4sc(C5CCNCC5)nc4s3)cc(C#N)c2n1.Cl. The first-order chi connectivity index (χ1) is 12.7. The lowest BCUT2D eigenvalue weighted by Crippen LogP contribution is -2.26. The van der Waals surface area contributed by atoms with Crippen LogP contribution in [0.2, 0.25) is 0 Å². The van der Waals surface area contributed by atoms with E-state index in [2.05, 4.69) is 16.4 Å². The zero-order valence-electron chi connectivity index (χ0n) is 14.6. The number of fused-ring (bicyclic) bond motifs is 2. The molecule has 5 heterocycles. The van der Waals surface area contributed by atoms with Gasteiger partial charge in [0.2, 0.25) is 0 Å². The van der Waals surface area contributed by atoms with Crippen molar-refractivity contribution in [3.05, 3.63) is 34.7 Å². The summed E-state index contributed by atoms with van der Waals surface area (Å²) < 4.78 is 1.91. The second-order valence-corrected chi connectivity index (χ2v) is 8.56. The second kappa shape index (κ2) is 7.17. The fourth-order valence-corrected chi connectivity index (χ4v) is 5.64. The van der Waals surface area contributed by atoms with E-state index in [9.17, 15) is 5.26 Å². The van der Waals surface area contributed by atoms with Crippen molar-refractivity contribution < 1.29 is 0 Å².